The van der Waals surface area contributed by atoms with Crippen LogP contribution in [0.4, 0.5) is 0 Å². The highest BCUT2D eigenvalue weighted by Gasteiger charge is 2.28. The molecule has 66 valence electrons. The van der Waals surface area contributed by atoms with Gasteiger partial charge in [-0.3, -0.25) is 0 Å². The van der Waals surface area contributed by atoms with Gasteiger partial charge in [0.2, 0.25) is 0 Å². The standard InChI is InChI=1S/C10H21N/c1-8(2)9-5-10(3,4)7-11-6-9/h8-9,11H,5-7H2,1-4H3/t9-/m0/s1. The van der Waals surface area contributed by atoms with Gasteiger partial charge in [-0.25, -0.2) is 0 Å². The van der Waals surface area contributed by atoms with Gasteiger partial charge in [0, 0.05) is 6.54 Å². The van der Waals surface area contributed by atoms with E-state index in [-0.39, 0.29) is 0 Å². The van der Waals surface area contributed by atoms with E-state index < -0.39 is 0 Å². The Hall–Kier alpha value is -0.0400. The van der Waals surface area contributed by atoms with Crippen LogP contribution in [-0.4, -0.2) is 13.1 Å². The predicted octanol–water partition coefficient (Wildman–Crippen LogP) is 2.28. The van der Waals surface area contributed by atoms with E-state index in [4.69, 9.17) is 0 Å². The number of hydrogen-bond acceptors (Lipinski definition) is 1. The molecule has 0 saturated carbocycles. The Morgan fingerprint density at radius 1 is 1.36 bits per heavy atom. The van der Waals surface area contributed by atoms with Gasteiger partial charge in [-0.2, -0.15) is 0 Å². The zero-order valence-corrected chi connectivity index (χ0v) is 8.28. The van der Waals surface area contributed by atoms with Gasteiger partial charge in [0.05, 0.1) is 0 Å². The van der Waals surface area contributed by atoms with E-state index in [1.165, 1.54) is 19.5 Å². The molecule has 0 aliphatic carbocycles. The fourth-order valence-electron chi connectivity index (χ4n) is 1.92. The number of hydrogen-bond donors (Lipinski definition) is 1. The molecule has 0 spiro atoms. The van der Waals surface area contributed by atoms with E-state index in [0.29, 0.717) is 5.41 Å². The van der Waals surface area contributed by atoms with Crippen molar-refractivity contribution in [3.05, 3.63) is 0 Å². The monoisotopic (exact) mass is 155 g/mol. The van der Waals surface area contributed by atoms with Crippen LogP contribution >= 0.6 is 0 Å². The molecule has 0 amide bonds. The fraction of sp³-hybridized carbons (Fsp3) is 1.00. The Bertz CT molecular complexity index is 127. The second-order valence-electron chi connectivity index (χ2n) is 5.00. The summed E-state index contributed by atoms with van der Waals surface area (Å²) in [6, 6.07) is 0. The second kappa shape index (κ2) is 3.14. The van der Waals surface area contributed by atoms with Crippen molar-refractivity contribution in [2.75, 3.05) is 13.1 Å². The molecule has 1 nitrogen and oxygen atoms in total. The third kappa shape index (κ3) is 2.48. The third-order valence-corrected chi connectivity index (χ3v) is 2.77. The van der Waals surface area contributed by atoms with Crippen LogP contribution in [0.15, 0.2) is 0 Å². The minimum Gasteiger partial charge on any atom is -0.316 e. The molecule has 0 aromatic rings. The summed E-state index contributed by atoms with van der Waals surface area (Å²) in [5.41, 5.74) is 0.521. The van der Waals surface area contributed by atoms with Crippen molar-refractivity contribution < 1.29 is 0 Å². The molecule has 0 aromatic heterocycles. The molecule has 1 rings (SSSR count). The Kier molecular flexibility index (Phi) is 2.58. The maximum absolute atomic E-state index is 3.51. The van der Waals surface area contributed by atoms with Crippen LogP contribution in [0.5, 0.6) is 0 Å². The molecule has 0 unspecified atom stereocenters. The van der Waals surface area contributed by atoms with E-state index in [2.05, 4.69) is 33.0 Å². The van der Waals surface area contributed by atoms with Crippen molar-refractivity contribution in [2.45, 2.75) is 34.1 Å². The quantitative estimate of drug-likeness (QED) is 0.612. The summed E-state index contributed by atoms with van der Waals surface area (Å²) in [6.45, 7) is 11.8. The molecule has 11 heavy (non-hydrogen) atoms. The molecule has 1 saturated heterocycles. The smallest absolute Gasteiger partial charge is 0.000275 e. The Morgan fingerprint density at radius 2 is 2.00 bits per heavy atom. The largest absolute Gasteiger partial charge is 0.316 e. The van der Waals surface area contributed by atoms with Crippen molar-refractivity contribution in [1.82, 2.24) is 5.32 Å². The molecule has 1 heterocycles. The lowest BCUT2D eigenvalue weighted by atomic mass is 9.75. The molecule has 1 heteroatoms. The summed E-state index contributed by atoms with van der Waals surface area (Å²) >= 11 is 0. The summed E-state index contributed by atoms with van der Waals surface area (Å²) in [4.78, 5) is 0. The molecule has 1 aliphatic rings. The van der Waals surface area contributed by atoms with Gasteiger partial charge in [0.15, 0.2) is 0 Å². The molecule has 1 aliphatic heterocycles. The lowest BCUT2D eigenvalue weighted by molar-refractivity contribution is 0.165. The van der Waals surface area contributed by atoms with Crippen molar-refractivity contribution in [3.63, 3.8) is 0 Å². The molecule has 0 radical (unpaired) electrons. The average molecular weight is 155 g/mol. The Labute approximate surface area is 70.6 Å². The minimum atomic E-state index is 0.521. The van der Waals surface area contributed by atoms with Crippen LogP contribution in [0, 0.1) is 17.3 Å². The highest BCUT2D eigenvalue weighted by molar-refractivity contribution is 4.83. The van der Waals surface area contributed by atoms with Gasteiger partial charge in [-0.15, -0.1) is 0 Å². The number of piperidine rings is 1. The van der Waals surface area contributed by atoms with Gasteiger partial charge in [0.1, 0.15) is 0 Å². The van der Waals surface area contributed by atoms with Crippen molar-refractivity contribution in [2.24, 2.45) is 17.3 Å². The summed E-state index contributed by atoms with van der Waals surface area (Å²) < 4.78 is 0. The maximum atomic E-state index is 3.51. The average Bonchev–Trinajstić information content (AvgIpc) is 1.85. The predicted molar refractivity (Wildman–Crippen MR) is 49.6 cm³/mol. The first kappa shape index (κ1) is 9.05. The van der Waals surface area contributed by atoms with E-state index in [0.717, 1.165) is 11.8 Å². The fourth-order valence-corrected chi connectivity index (χ4v) is 1.92. The van der Waals surface area contributed by atoms with Crippen LogP contribution < -0.4 is 5.32 Å². The topological polar surface area (TPSA) is 12.0 Å². The van der Waals surface area contributed by atoms with E-state index >= 15 is 0 Å². The zero-order valence-electron chi connectivity index (χ0n) is 8.28. The van der Waals surface area contributed by atoms with Crippen molar-refractivity contribution >= 4 is 0 Å². The molecule has 1 N–H and O–H groups in total. The first-order valence-electron chi connectivity index (χ1n) is 4.72. The Balaban J connectivity index is 2.46. The molecular weight excluding hydrogens is 134 g/mol. The highest BCUT2D eigenvalue weighted by Crippen LogP contribution is 2.31. The van der Waals surface area contributed by atoms with Crippen molar-refractivity contribution in [1.29, 1.82) is 0 Å². The molecule has 0 bridgehead atoms. The van der Waals surface area contributed by atoms with Crippen LogP contribution in [0.1, 0.15) is 34.1 Å². The third-order valence-electron chi connectivity index (χ3n) is 2.77. The first-order valence-corrected chi connectivity index (χ1v) is 4.72. The molecule has 1 fully saturated rings. The van der Waals surface area contributed by atoms with E-state index in [9.17, 15) is 0 Å². The first-order chi connectivity index (χ1) is 5.01. The minimum absolute atomic E-state index is 0.521. The zero-order chi connectivity index (χ0) is 8.48. The van der Waals surface area contributed by atoms with Gasteiger partial charge in [0.25, 0.3) is 0 Å². The van der Waals surface area contributed by atoms with Gasteiger partial charge in [-0.1, -0.05) is 27.7 Å². The second-order valence-corrected chi connectivity index (χ2v) is 5.00. The molecular formula is C10H21N. The summed E-state index contributed by atoms with van der Waals surface area (Å²) in [7, 11) is 0. The van der Waals surface area contributed by atoms with E-state index in [1.807, 2.05) is 0 Å². The summed E-state index contributed by atoms with van der Waals surface area (Å²) in [5.74, 6) is 1.72. The van der Waals surface area contributed by atoms with Crippen LogP contribution in [0.2, 0.25) is 0 Å². The lowest BCUT2D eigenvalue weighted by Gasteiger charge is -2.37. The van der Waals surface area contributed by atoms with Crippen molar-refractivity contribution in [3.8, 4) is 0 Å². The number of nitrogens with one attached hydrogen (secondary N) is 1. The lowest BCUT2D eigenvalue weighted by Crippen LogP contribution is -2.42. The maximum Gasteiger partial charge on any atom is 0.000275 e. The summed E-state index contributed by atoms with van der Waals surface area (Å²) in [5, 5.41) is 3.51. The summed E-state index contributed by atoms with van der Waals surface area (Å²) in [6.07, 6.45) is 1.39. The van der Waals surface area contributed by atoms with E-state index in [1.54, 1.807) is 0 Å². The van der Waals surface area contributed by atoms with Gasteiger partial charge >= 0.3 is 0 Å². The van der Waals surface area contributed by atoms with Gasteiger partial charge in [-0.05, 0) is 30.2 Å². The highest BCUT2D eigenvalue weighted by atomic mass is 14.9. The Morgan fingerprint density at radius 3 is 2.36 bits per heavy atom. The molecule has 0 aromatic carbocycles. The SMILES string of the molecule is CC(C)[C@@H]1CNCC(C)(C)C1. The van der Waals surface area contributed by atoms with Gasteiger partial charge < -0.3 is 5.32 Å². The van der Waals surface area contributed by atoms with Crippen LogP contribution in [0.3, 0.4) is 0 Å². The van der Waals surface area contributed by atoms with Crippen LogP contribution in [-0.2, 0) is 0 Å². The normalized spacial score (nSPS) is 30.8. The van der Waals surface area contributed by atoms with Crippen LogP contribution in [0.25, 0.3) is 0 Å². The molecule has 1 atom stereocenters. The number of rotatable bonds is 1.